The molecule has 0 saturated carbocycles. The fourth-order valence-electron chi connectivity index (χ4n) is 3.52. The van der Waals surface area contributed by atoms with E-state index in [4.69, 9.17) is 4.74 Å². The predicted octanol–water partition coefficient (Wildman–Crippen LogP) is 2.79. The minimum absolute atomic E-state index is 0.0872. The van der Waals surface area contributed by atoms with Crippen molar-refractivity contribution < 1.29 is 22.7 Å². The van der Waals surface area contributed by atoms with E-state index in [1.54, 1.807) is 41.0 Å². The summed E-state index contributed by atoms with van der Waals surface area (Å²) in [6.45, 7) is 2.91. The van der Waals surface area contributed by atoms with Gasteiger partial charge in [-0.15, -0.1) is 0 Å². The Balaban J connectivity index is 1.58. The molecule has 1 aliphatic rings. The molecule has 2 aromatic carbocycles. The molecule has 1 aromatic heterocycles. The molecule has 3 aromatic rings. The van der Waals surface area contributed by atoms with Gasteiger partial charge in [0, 0.05) is 26.2 Å². The number of carbonyl (C=O) groups excluding carboxylic acids is 2. The Hall–Kier alpha value is -3.18. The third kappa shape index (κ3) is 4.93. The number of ether oxygens (including phenoxy) is 1. The zero-order valence-electron chi connectivity index (χ0n) is 18.1. The Labute approximate surface area is 196 Å². The summed E-state index contributed by atoms with van der Waals surface area (Å²) < 4.78 is 33.9. The van der Waals surface area contributed by atoms with E-state index in [0.717, 1.165) is 9.01 Å². The van der Waals surface area contributed by atoms with E-state index >= 15 is 0 Å². The van der Waals surface area contributed by atoms with Crippen LogP contribution in [-0.4, -0.2) is 74.5 Å². The Morgan fingerprint density at radius 2 is 1.64 bits per heavy atom. The van der Waals surface area contributed by atoms with Crippen LogP contribution in [-0.2, 0) is 19.6 Å². The number of amides is 2. The Kier molecular flexibility index (Phi) is 6.80. The van der Waals surface area contributed by atoms with Gasteiger partial charge >= 0.3 is 6.09 Å². The van der Waals surface area contributed by atoms with Gasteiger partial charge in [0.15, 0.2) is 0 Å². The first kappa shape index (κ1) is 23.0. The smallest absolute Gasteiger partial charge is 0.409 e. The first-order valence-corrected chi connectivity index (χ1v) is 12.8. The number of sulfonamides is 1. The van der Waals surface area contributed by atoms with E-state index in [1.807, 2.05) is 18.2 Å². The summed E-state index contributed by atoms with van der Waals surface area (Å²) in [5.74, 6) is -0.350. The van der Waals surface area contributed by atoms with E-state index in [1.165, 1.54) is 23.5 Å². The third-order valence-electron chi connectivity index (χ3n) is 5.26. The minimum atomic E-state index is -4.02. The summed E-state index contributed by atoms with van der Waals surface area (Å²) >= 11 is 1.22. The average Bonchev–Trinajstić information content (AvgIpc) is 3.27. The number of carbonyl (C=O) groups is 2. The normalized spacial score (nSPS) is 14.3. The molecule has 174 valence electrons. The molecule has 1 aliphatic heterocycles. The van der Waals surface area contributed by atoms with Crippen LogP contribution in [0.4, 0.5) is 9.93 Å². The van der Waals surface area contributed by atoms with Gasteiger partial charge in [-0.25, -0.2) is 22.5 Å². The standard InChI is InChI=1S/C22H24N4O5S2/c1-2-31-22(28)25-14-12-24(13-15-25)20(27)16-26(33(29,30)17-8-4-3-5-9-17)21-23-18-10-6-7-11-19(18)32-21/h3-11H,2,12-16H2,1H3. The highest BCUT2D eigenvalue weighted by molar-refractivity contribution is 7.93. The molecule has 0 aliphatic carbocycles. The van der Waals surface area contributed by atoms with Gasteiger partial charge in [0.2, 0.25) is 11.0 Å². The summed E-state index contributed by atoms with van der Waals surface area (Å²) in [6, 6.07) is 15.4. The number of fused-ring (bicyclic) bond motifs is 1. The second-order valence-electron chi connectivity index (χ2n) is 7.36. The molecule has 1 saturated heterocycles. The van der Waals surface area contributed by atoms with Crippen LogP contribution < -0.4 is 4.31 Å². The number of hydrogen-bond acceptors (Lipinski definition) is 7. The molecule has 2 heterocycles. The first-order valence-electron chi connectivity index (χ1n) is 10.5. The SMILES string of the molecule is CCOC(=O)N1CCN(C(=O)CN(c2nc3ccccc3s2)S(=O)(=O)c2ccccc2)CC1. The number of anilines is 1. The minimum Gasteiger partial charge on any atom is -0.450 e. The second-order valence-corrected chi connectivity index (χ2v) is 10.2. The molecule has 1 fully saturated rings. The van der Waals surface area contributed by atoms with Crippen molar-refractivity contribution in [3.63, 3.8) is 0 Å². The highest BCUT2D eigenvalue weighted by Gasteiger charge is 2.32. The molecule has 2 amide bonds. The van der Waals surface area contributed by atoms with E-state index < -0.39 is 16.1 Å². The van der Waals surface area contributed by atoms with Gasteiger partial charge in [0.05, 0.1) is 21.7 Å². The van der Waals surface area contributed by atoms with Crippen molar-refractivity contribution in [3.8, 4) is 0 Å². The summed E-state index contributed by atoms with van der Waals surface area (Å²) in [4.78, 5) is 32.7. The molecule has 11 heteroatoms. The molecule has 0 atom stereocenters. The number of thiazole rings is 1. The first-order chi connectivity index (χ1) is 15.9. The van der Waals surface area contributed by atoms with Crippen molar-refractivity contribution in [2.45, 2.75) is 11.8 Å². The molecule has 0 spiro atoms. The van der Waals surface area contributed by atoms with E-state index in [9.17, 15) is 18.0 Å². The lowest BCUT2D eigenvalue weighted by Crippen LogP contribution is -2.53. The van der Waals surface area contributed by atoms with Crippen molar-refractivity contribution in [3.05, 3.63) is 54.6 Å². The van der Waals surface area contributed by atoms with Crippen molar-refractivity contribution in [2.24, 2.45) is 0 Å². The van der Waals surface area contributed by atoms with Crippen LogP contribution in [0, 0.1) is 0 Å². The number of benzene rings is 2. The summed E-state index contributed by atoms with van der Waals surface area (Å²) in [6.07, 6.45) is -0.410. The van der Waals surface area contributed by atoms with Gasteiger partial charge < -0.3 is 14.5 Å². The summed E-state index contributed by atoms with van der Waals surface area (Å²) in [5.41, 5.74) is 0.668. The van der Waals surface area contributed by atoms with Gasteiger partial charge in [-0.2, -0.15) is 0 Å². The molecule has 9 nitrogen and oxygen atoms in total. The Morgan fingerprint density at radius 1 is 1.00 bits per heavy atom. The predicted molar refractivity (Wildman–Crippen MR) is 126 cm³/mol. The zero-order chi connectivity index (χ0) is 23.4. The zero-order valence-corrected chi connectivity index (χ0v) is 19.7. The van der Waals surface area contributed by atoms with Crippen LogP contribution >= 0.6 is 11.3 Å². The number of piperazine rings is 1. The summed E-state index contributed by atoms with van der Waals surface area (Å²) in [5, 5.41) is 0.235. The molecule has 0 radical (unpaired) electrons. The van der Waals surface area contributed by atoms with Crippen molar-refractivity contribution in [2.75, 3.05) is 43.6 Å². The second kappa shape index (κ2) is 9.75. The molecular weight excluding hydrogens is 464 g/mol. The maximum atomic E-state index is 13.5. The van der Waals surface area contributed by atoms with Crippen LogP contribution in [0.2, 0.25) is 0 Å². The fourth-order valence-corrected chi connectivity index (χ4v) is 6.08. The quantitative estimate of drug-likeness (QED) is 0.529. The molecule has 0 N–H and O–H groups in total. The Bertz CT molecular complexity index is 1200. The molecule has 33 heavy (non-hydrogen) atoms. The number of aromatic nitrogens is 1. The van der Waals surface area contributed by atoms with Crippen LogP contribution in [0.15, 0.2) is 59.5 Å². The van der Waals surface area contributed by atoms with Gasteiger partial charge in [-0.1, -0.05) is 41.7 Å². The summed E-state index contributed by atoms with van der Waals surface area (Å²) in [7, 11) is -4.02. The lowest BCUT2D eigenvalue weighted by Gasteiger charge is -2.35. The molecule has 4 rings (SSSR count). The van der Waals surface area contributed by atoms with Crippen molar-refractivity contribution >= 4 is 48.7 Å². The highest BCUT2D eigenvalue weighted by atomic mass is 32.2. The largest absolute Gasteiger partial charge is 0.450 e. The fraction of sp³-hybridized carbons (Fsp3) is 0.318. The van der Waals surface area contributed by atoms with Crippen LogP contribution in [0.25, 0.3) is 10.2 Å². The number of nitrogens with zero attached hydrogens (tertiary/aromatic N) is 4. The number of para-hydroxylation sites is 1. The van der Waals surface area contributed by atoms with Crippen LogP contribution in [0.3, 0.4) is 0 Å². The maximum absolute atomic E-state index is 13.5. The van der Waals surface area contributed by atoms with Crippen molar-refractivity contribution in [1.82, 2.24) is 14.8 Å². The molecule has 0 unspecified atom stereocenters. The molecular formula is C22H24N4O5S2. The van der Waals surface area contributed by atoms with Gasteiger partial charge in [0.25, 0.3) is 10.0 Å². The van der Waals surface area contributed by atoms with Crippen LogP contribution in [0.5, 0.6) is 0 Å². The molecule has 0 bridgehead atoms. The average molecular weight is 489 g/mol. The van der Waals surface area contributed by atoms with E-state index in [-0.39, 0.29) is 29.1 Å². The van der Waals surface area contributed by atoms with Gasteiger partial charge in [-0.05, 0) is 31.2 Å². The number of hydrogen-bond donors (Lipinski definition) is 0. The monoisotopic (exact) mass is 488 g/mol. The Morgan fingerprint density at radius 3 is 2.30 bits per heavy atom. The third-order valence-corrected chi connectivity index (χ3v) is 8.19. The maximum Gasteiger partial charge on any atom is 0.409 e. The number of rotatable bonds is 6. The van der Waals surface area contributed by atoms with E-state index in [2.05, 4.69) is 4.98 Å². The van der Waals surface area contributed by atoms with Gasteiger partial charge in [0.1, 0.15) is 6.54 Å². The lowest BCUT2D eigenvalue weighted by atomic mass is 10.3. The van der Waals surface area contributed by atoms with Gasteiger partial charge in [-0.3, -0.25) is 4.79 Å². The van der Waals surface area contributed by atoms with Crippen molar-refractivity contribution in [1.29, 1.82) is 0 Å². The highest BCUT2D eigenvalue weighted by Crippen LogP contribution is 2.32. The van der Waals surface area contributed by atoms with Crippen LogP contribution in [0.1, 0.15) is 6.92 Å². The lowest BCUT2D eigenvalue weighted by molar-refractivity contribution is -0.131. The topological polar surface area (TPSA) is 100 Å². The van der Waals surface area contributed by atoms with E-state index in [0.29, 0.717) is 31.7 Å².